The number of amides is 2. The van der Waals surface area contributed by atoms with Crippen LogP contribution in [-0.2, 0) is 9.53 Å². The largest absolute Gasteiger partial charge is 0.497 e. The summed E-state index contributed by atoms with van der Waals surface area (Å²) in [6.07, 6.45) is 3.46. The van der Waals surface area contributed by atoms with Crippen molar-refractivity contribution in [3.8, 4) is 5.75 Å². The Hall–Kier alpha value is -2.32. The minimum atomic E-state index is -0.667. The van der Waals surface area contributed by atoms with E-state index >= 15 is 0 Å². The molecule has 8 heteroatoms. The van der Waals surface area contributed by atoms with Gasteiger partial charge in [0, 0.05) is 30.6 Å². The number of aliphatic hydroxyl groups is 2. The molecule has 0 bridgehead atoms. The van der Waals surface area contributed by atoms with Gasteiger partial charge in [-0.15, -0.1) is 0 Å². The van der Waals surface area contributed by atoms with Crippen molar-refractivity contribution in [2.45, 2.75) is 71.0 Å². The summed E-state index contributed by atoms with van der Waals surface area (Å²) < 4.78 is 11.1. The second kappa shape index (κ2) is 10.3. The van der Waals surface area contributed by atoms with E-state index in [1.165, 1.54) is 0 Å². The Morgan fingerprint density at radius 2 is 1.80 bits per heavy atom. The van der Waals surface area contributed by atoms with Crippen molar-refractivity contribution in [2.75, 3.05) is 32.1 Å². The molecule has 1 aliphatic heterocycles. The van der Waals surface area contributed by atoms with Crippen LogP contribution in [0.1, 0.15) is 58.8 Å². The van der Waals surface area contributed by atoms with E-state index < -0.39 is 23.7 Å². The summed E-state index contributed by atoms with van der Waals surface area (Å²) in [7, 11) is 1.58. The van der Waals surface area contributed by atoms with Crippen LogP contribution in [0.5, 0.6) is 5.75 Å². The Labute approximate surface area is 208 Å². The number of aliphatic hydroxyl groups excluding tert-OH is 2. The minimum absolute atomic E-state index is 0.0207. The van der Waals surface area contributed by atoms with E-state index in [-0.39, 0.29) is 29.8 Å². The predicted molar refractivity (Wildman–Crippen MR) is 132 cm³/mol. The zero-order valence-electron chi connectivity index (χ0n) is 21.2. The van der Waals surface area contributed by atoms with Crippen molar-refractivity contribution in [2.24, 2.45) is 22.7 Å². The van der Waals surface area contributed by atoms with E-state index in [2.05, 4.69) is 12.2 Å². The molecule has 4 rings (SSSR count). The average molecular weight is 489 g/mol. The average Bonchev–Trinajstić information content (AvgIpc) is 3.39. The first-order valence-corrected chi connectivity index (χ1v) is 12.9. The number of carbonyl (C=O) groups is 2. The topological polar surface area (TPSA) is 108 Å². The molecule has 1 aromatic rings. The van der Waals surface area contributed by atoms with Crippen LogP contribution in [0, 0.1) is 22.7 Å². The molecular weight excluding hydrogens is 448 g/mol. The van der Waals surface area contributed by atoms with Gasteiger partial charge in [0.1, 0.15) is 11.9 Å². The van der Waals surface area contributed by atoms with Crippen LogP contribution in [-0.4, -0.2) is 66.1 Å². The van der Waals surface area contributed by atoms with Gasteiger partial charge in [-0.1, -0.05) is 13.8 Å². The zero-order valence-corrected chi connectivity index (χ0v) is 21.2. The van der Waals surface area contributed by atoms with Crippen molar-refractivity contribution in [1.82, 2.24) is 4.90 Å². The molecule has 0 aromatic heterocycles. The lowest BCUT2D eigenvalue weighted by molar-refractivity contribution is -0.186. The van der Waals surface area contributed by atoms with Crippen molar-refractivity contribution in [3.63, 3.8) is 0 Å². The van der Waals surface area contributed by atoms with Gasteiger partial charge in [-0.2, -0.15) is 0 Å². The molecule has 6 atom stereocenters. The quantitative estimate of drug-likeness (QED) is 0.562. The van der Waals surface area contributed by atoms with E-state index in [9.17, 15) is 19.8 Å². The van der Waals surface area contributed by atoms with Crippen LogP contribution < -0.4 is 10.1 Å². The summed E-state index contributed by atoms with van der Waals surface area (Å²) in [6, 6.07) is 7.01. The first-order valence-electron chi connectivity index (χ1n) is 12.9. The van der Waals surface area contributed by atoms with Crippen molar-refractivity contribution in [1.29, 1.82) is 0 Å². The number of ether oxygens (including phenoxy) is 2. The van der Waals surface area contributed by atoms with E-state index in [1.54, 1.807) is 31.4 Å². The number of anilines is 1. The first-order chi connectivity index (χ1) is 16.7. The molecule has 6 unspecified atom stereocenters. The van der Waals surface area contributed by atoms with Crippen molar-refractivity contribution >= 4 is 17.7 Å². The van der Waals surface area contributed by atoms with E-state index in [4.69, 9.17) is 9.47 Å². The Balaban J connectivity index is 1.48. The number of hydrogen-bond donors (Lipinski definition) is 3. The SMILES string of the molecule is COc1ccc(NC(=O)OC2CCC3(C)C(CC(=O)N4CCCC4)C(O)CCC3C2(C)CO)cc1. The van der Waals surface area contributed by atoms with Crippen LogP contribution in [0.2, 0.25) is 0 Å². The van der Waals surface area contributed by atoms with Crippen molar-refractivity contribution < 1.29 is 29.3 Å². The molecule has 2 saturated carbocycles. The highest BCUT2D eigenvalue weighted by Gasteiger charge is 2.60. The number of nitrogens with one attached hydrogen (secondary N) is 1. The van der Waals surface area contributed by atoms with E-state index in [1.807, 2.05) is 11.8 Å². The monoisotopic (exact) mass is 488 g/mol. The fourth-order valence-electron chi connectivity index (χ4n) is 7.01. The molecule has 0 radical (unpaired) electrons. The standard InChI is InChI=1S/C27H40N2O6/c1-26-13-12-23(35-25(33)28-18-6-8-19(34-3)9-7-18)27(2,17-30)22(26)11-10-21(31)20(26)16-24(32)29-14-4-5-15-29/h6-9,20-23,30-31H,4-5,10-17H2,1-3H3,(H,28,33). The summed E-state index contributed by atoms with van der Waals surface area (Å²) in [5.74, 6) is 0.665. The van der Waals surface area contributed by atoms with E-state index in [0.717, 1.165) is 38.8 Å². The van der Waals surface area contributed by atoms with Crippen LogP contribution in [0.4, 0.5) is 10.5 Å². The highest BCUT2D eigenvalue weighted by Crippen LogP contribution is 2.61. The van der Waals surface area contributed by atoms with Gasteiger partial charge in [0.15, 0.2) is 0 Å². The van der Waals surface area contributed by atoms with Gasteiger partial charge in [-0.25, -0.2) is 4.79 Å². The third-order valence-electron chi connectivity index (χ3n) is 9.12. The van der Waals surface area contributed by atoms with Gasteiger partial charge >= 0.3 is 6.09 Å². The summed E-state index contributed by atoms with van der Waals surface area (Å²) in [5.41, 5.74) is -0.390. The maximum atomic E-state index is 13.0. The van der Waals surface area contributed by atoms with Gasteiger partial charge in [-0.05, 0) is 80.0 Å². The Morgan fingerprint density at radius 1 is 1.11 bits per heavy atom. The third-order valence-corrected chi connectivity index (χ3v) is 9.12. The van der Waals surface area contributed by atoms with Gasteiger partial charge in [0.2, 0.25) is 5.91 Å². The Kier molecular flexibility index (Phi) is 7.62. The molecule has 2 amide bonds. The molecule has 194 valence electrons. The van der Waals surface area contributed by atoms with E-state index in [0.29, 0.717) is 30.7 Å². The highest BCUT2D eigenvalue weighted by atomic mass is 16.6. The number of carbonyl (C=O) groups excluding carboxylic acids is 2. The second-order valence-electron chi connectivity index (χ2n) is 11.1. The number of fused-ring (bicyclic) bond motifs is 1. The number of methoxy groups -OCH3 is 1. The fraction of sp³-hybridized carbons (Fsp3) is 0.704. The lowest BCUT2D eigenvalue weighted by Gasteiger charge is -2.60. The van der Waals surface area contributed by atoms with Crippen LogP contribution in [0.15, 0.2) is 24.3 Å². The molecule has 3 aliphatic rings. The Bertz CT molecular complexity index is 901. The summed E-state index contributed by atoms with van der Waals surface area (Å²) in [5, 5.41) is 24.3. The fourth-order valence-corrected chi connectivity index (χ4v) is 7.01. The van der Waals surface area contributed by atoms with Gasteiger partial charge in [0.25, 0.3) is 0 Å². The predicted octanol–water partition coefficient (Wildman–Crippen LogP) is 3.81. The highest BCUT2D eigenvalue weighted by molar-refractivity contribution is 5.84. The van der Waals surface area contributed by atoms with Gasteiger partial charge in [-0.3, -0.25) is 10.1 Å². The number of rotatable bonds is 6. The number of hydrogen-bond acceptors (Lipinski definition) is 6. The summed E-state index contributed by atoms with van der Waals surface area (Å²) in [6.45, 7) is 5.61. The van der Waals surface area contributed by atoms with Gasteiger partial charge in [0.05, 0.1) is 19.8 Å². The molecule has 2 aliphatic carbocycles. The zero-order chi connectivity index (χ0) is 25.2. The lowest BCUT2D eigenvalue weighted by atomic mass is 9.46. The number of nitrogens with zero attached hydrogens (tertiary/aromatic N) is 1. The smallest absolute Gasteiger partial charge is 0.411 e. The molecule has 1 saturated heterocycles. The maximum absolute atomic E-state index is 13.0. The van der Waals surface area contributed by atoms with Crippen molar-refractivity contribution in [3.05, 3.63) is 24.3 Å². The molecule has 3 fully saturated rings. The molecule has 1 aromatic carbocycles. The molecule has 8 nitrogen and oxygen atoms in total. The number of benzene rings is 1. The summed E-state index contributed by atoms with van der Waals surface area (Å²) in [4.78, 5) is 27.7. The second-order valence-corrected chi connectivity index (χ2v) is 11.1. The molecule has 1 heterocycles. The van der Waals surface area contributed by atoms with Gasteiger partial charge < -0.3 is 24.6 Å². The first kappa shape index (κ1) is 25.8. The summed E-state index contributed by atoms with van der Waals surface area (Å²) >= 11 is 0. The third kappa shape index (κ3) is 5.00. The lowest BCUT2D eigenvalue weighted by Crippen LogP contribution is -2.61. The van der Waals surface area contributed by atoms with Crippen LogP contribution >= 0.6 is 0 Å². The molecule has 0 spiro atoms. The van der Waals surface area contributed by atoms with Crippen LogP contribution in [0.3, 0.4) is 0 Å². The normalized spacial score (nSPS) is 34.7. The number of likely N-dealkylation sites (tertiary alicyclic amines) is 1. The molecule has 35 heavy (non-hydrogen) atoms. The van der Waals surface area contributed by atoms with Crippen LogP contribution in [0.25, 0.3) is 0 Å². The molecular formula is C27H40N2O6. The molecule has 3 N–H and O–H groups in total. The Morgan fingerprint density at radius 3 is 2.43 bits per heavy atom. The minimum Gasteiger partial charge on any atom is -0.497 e. The maximum Gasteiger partial charge on any atom is 0.411 e.